The van der Waals surface area contributed by atoms with Gasteiger partial charge in [0.1, 0.15) is 5.82 Å². The quantitative estimate of drug-likeness (QED) is 0.924. The molecule has 2 atom stereocenters. The molecule has 0 aliphatic carbocycles. The fourth-order valence-electron chi connectivity index (χ4n) is 2.39. The van der Waals surface area contributed by atoms with E-state index >= 15 is 0 Å². The van der Waals surface area contributed by atoms with Gasteiger partial charge in [0.2, 0.25) is 0 Å². The van der Waals surface area contributed by atoms with Crippen LogP contribution in [0.3, 0.4) is 0 Å². The second-order valence-electron chi connectivity index (χ2n) is 4.58. The van der Waals surface area contributed by atoms with Crippen LogP contribution < -0.4 is 5.73 Å². The van der Waals surface area contributed by atoms with Gasteiger partial charge in [0, 0.05) is 29.9 Å². The first kappa shape index (κ1) is 14.1. The molecule has 0 bridgehead atoms. The molecule has 0 radical (unpaired) electrons. The van der Waals surface area contributed by atoms with Crippen LogP contribution in [0.2, 0.25) is 5.02 Å². The first-order chi connectivity index (χ1) is 8.65. The van der Waals surface area contributed by atoms with Crippen molar-refractivity contribution < 1.29 is 4.39 Å². The van der Waals surface area contributed by atoms with Gasteiger partial charge < -0.3 is 5.73 Å². The molecule has 0 saturated carbocycles. The van der Waals surface area contributed by atoms with Gasteiger partial charge in [-0.3, -0.25) is 4.90 Å². The lowest BCUT2D eigenvalue weighted by Gasteiger charge is -2.32. The summed E-state index contributed by atoms with van der Waals surface area (Å²) in [4.78, 5) is 2.19. The minimum Gasteiger partial charge on any atom is -0.329 e. The zero-order valence-corrected chi connectivity index (χ0v) is 12.0. The molecule has 2 rings (SSSR count). The smallest absolute Gasteiger partial charge is 0.146 e. The fourth-order valence-corrected chi connectivity index (χ4v) is 3.85. The SMILES string of the molecule is CN(C1CCSC1)C(CN)c1cccc(Cl)c1F. The summed E-state index contributed by atoms with van der Waals surface area (Å²) in [7, 11) is 2.02. The maximum atomic E-state index is 14.1. The van der Waals surface area contributed by atoms with E-state index in [-0.39, 0.29) is 16.9 Å². The lowest BCUT2D eigenvalue weighted by Crippen LogP contribution is -2.39. The van der Waals surface area contributed by atoms with Gasteiger partial charge in [-0.2, -0.15) is 11.8 Å². The summed E-state index contributed by atoms with van der Waals surface area (Å²) in [6, 6.07) is 5.49. The highest BCUT2D eigenvalue weighted by Gasteiger charge is 2.28. The molecule has 0 amide bonds. The second kappa shape index (κ2) is 6.24. The van der Waals surface area contributed by atoms with Gasteiger partial charge in [-0.25, -0.2) is 4.39 Å². The Morgan fingerprint density at radius 2 is 2.39 bits per heavy atom. The number of nitrogens with zero attached hydrogens (tertiary/aromatic N) is 1. The van der Waals surface area contributed by atoms with Crippen molar-refractivity contribution in [2.24, 2.45) is 5.73 Å². The molecule has 100 valence electrons. The number of benzene rings is 1. The van der Waals surface area contributed by atoms with Crippen LogP contribution in [-0.2, 0) is 0 Å². The monoisotopic (exact) mass is 288 g/mol. The Morgan fingerprint density at radius 1 is 1.61 bits per heavy atom. The van der Waals surface area contributed by atoms with Crippen molar-refractivity contribution >= 4 is 23.4 Å². The standard InChI is InChI=1S/C13H18ClFN2S/c1-17(9-5-6-18-8-9)12(7-16)10-3-2-4-11(14)13(10)15/h2-4,9,12H,5-8,16H2,1H3. The van der Waals surface area contributed by atoms with Crippen LogP contribution in [0.5, 0.6) is 0 Å². The Labute approximate surface area is 117 Å². The van der Waals surface area contributed by atoms with Crippen molar-refractivity contribution in [2.45, 2.75) is 18.5 Å². The minimum atomic E-state index is -0.341. The summed E-state index contributed by atoms with van der Waals surface area (Å²) in [5.74, 6) is 1.92. The first-order valence-corrected chi connectivity index (χ1v) is 7.62. The zero-order chi connectivity index (χ0) is 13.1. The number of hydrogen-bond donors (Lipinski definition) is 1. The van der Waals surface area contributed by atoms with Crippen LogP contribution in [0.1, 0.15) is 18.0 Å². The maximum Gasteiger partial charge on any atom is 0.146 e. The molecule has 0 spiro atoms. The van der Waals surface area contributed by atoms with Gasteiger partial charge in [-0.1, -0.05) is 23.7 Å². The number of rotatable bonds is 4. The maximum absolute atomic E-state index is 14.1. The molecule has 2 N–H and O–H groups in total. The highest BCUT2D eigenvalue weighted by molar-refractivity contribution is 7.99. The molecule has 1 aliphatic rings. The van der Waals surface area contributed by atoms with E-state index < -0.39 is 0 Å². The molecule has 1 aliphatic heterocycles. The summed E-state index contributed by atoms with van der Waals surface area (Å²) in [5.41, 5.74) is 6.44. The number of halogens is 2. The van der Waals surface area contributed by atoms with Gasteiger partial charge in [0.05, 0.1) is 5.02 Å². The molecule has 2 unspecified atom stereocenters. The first-order valence-electron chi connectivity index (χ1n) is 6.08. The third kappa shape index (κ3) is 2.82. The summed E-state index contributed by atoms with van der Waals surface area (Å²) in [6.07, 6.45) is 1.14. The summed E-state index contributed by atoms with van der Waals surface area (Å²) < 4.78 is 14.1. The molecule has 5 heteroatoms. The molecular weight excluding hydrogens is 271 g/mol. The lowest BCUT2D eigenvalue weighted by atomic mass is 10.0. The van der Waals surface area contributed by atoms with E-state index in [0.29, 0.717) is 18.2 Å². The fraction of sp³-hybridized carbons (Fsp3) is 0.538. The minimum absolute atomic E-state index is 0.104. The van der Waals surface area contributed by atoms with Gasteiger partial charge >= 0.3 is 0 Å². The second-order valence-corrected chi connectivity index (χ2v) is 6.13. The predicted octanol–water partition coefficient (Wildman–Crippen LogP) is 2.92. The van der Waals surface area contributed by atoms with Crippen LogP contribution in [0.15, 0.2) is 18.2 Å². The van der Waals surface area contributed by atoms with Crippen LogP contribution >= 0.6 is 23.4 Å². The molecule has 1 aromatic carbocycles. The Bertz CT molecular complexity index is 410. The molecule has 18 heavy (non-hydrogen) atoms. The molecular formula is C13H18ClFN2S. The molecule has 1 aromatic rings. The molecule has 1 heterocycles. The van der Waals surface area contributed by atoms with Crippen molar-refractivity contribution in [1.29, 1.82) is 0 Å². The van der Waals surface area contributed by atoms with Crippen molar-refractivity contribution in [3.05, 3.63) is 34.6 Å². The van der Waals surface area contributed by atoms with Crippen molar-refractivity contribution in [3.63, 3.8) is 0 Å². The highest BCUT2D eigenvalue weighted by Crippen LogP contribution is 2.31. The van der Waals surface area contributed by atoms with Crippen molar-refractivity contribution in [1.82, 2.24) is 4.90 Å². The summed E-state index contributed by atoms with van der Waals surface area (Å²) in [5, 5.41) is 0.167. The van der Waals surface area contributed by atoms with Crippen LogP contribution in [-0.4, -0.2) is 36.0 Å². The van der Waals surface area contributed by atoms with E-state index in [9.17, 15) is 4.39 Å². The van der Waals surface area contributed by atoms with Crippen LogP contribution in [0, 0.1) is 5.82 Å². The molecule has 0 aromatic heterocycles. The average molecular weight is 289 g/mol. The number of likely N-dealkylation sites (N-methyl/N-ethyl adjacent to an activating group) is 1. The lowest BCUT2D eigenvalue weighted by molar-refractivity contribution is 0.189. The van der Waals surface area contributed by atoms with Gasteiger partial charge in [-0.15, -0.1) is 0 Å². The van der Waals surface area contributed by atoms with E-state index in [4.69, 9.17) is 17.3 Å². The van der Waals surface area contributed by atoms with E-state index in [1.165, 1.54) is 5.75 Å². The summed E-state index contributed by atoms with van der Waals surface area (Å²) >= 11 is 7.78. The summed E-state index contributed by atoms with van der Waals surface area (Å²) in [6.45, 7) is 0.398. The van der Waals surface area contributed by atoms with E-state index in [0.717, 1.165) is 12.2 Å². The molecule has 1 fully saturated rings. The largest absolute Gasteiger partial charge is 0.329 e. The topological polar surface area (TPSA) is 29.3 Å². The number of thioether (sulfide) groups is 1. The molecule has 2 nitrogen and oxygen atoms in total. The normalized spacial score (nSPS) is 21.5. The van der Waals surface area contributed by atoms with Gasteiger partial charge in [-0.05, 0) is 25.3 Å². The Hall–Kier alpha value is -0.290. The van der Waals surface area contributed by atoms with Gasteiger partial charge in [0.15, 0.2) is 0 Å². The predicted molar refractivity (Wildman–Crippen MR) is 76.7 cm³/mol. The van der Waals surface area contributed by atoms with E-state index in [2.05, 4.69) is 4.90 Å². The van der Waals surface area contributed by atoms with Crippen LogP contribution in [0.25, 0.3) is 0 Å². The Kier molecular flexibility index (Phi) is 4.90. The average Bonchev–Trinajstić information content (AvgIpc) is 2.89. The third-order valence-corrected chi connectivity index (χ3v) is 4.97. The number of nitrogens with two attached hydrogens (primary N) is 1. The highest BCUT2D eigenvalue weighted by atomic mass is 35.5. The van der Waals surface area contributed by atoms with Crippen LogP contribution in [0.4, 0.5) is 4.39 Å². The third-order valence-electron chi connectivity index (χ3n) is 3.54. The Morgan fingerprint density at radius 3 is 3.00 bits per heavy atom. The van der Waals surface area contributed by atoms with Crippen molar-refractivity contribution in [3.8, 4) is 0 Å². The van der Waals surface area contributed by atoms with E-state index in [1.54, 1.807) is 18.2 Å². The Balaban J connectivity index is 2.24. The molecule has 1 saturated heterocycles. The number of hydrogen-bond acceptors (Lipinski definition) is 3. The zero-order valence-electron chi connectivity index (χ0n) is 10.4. The van der Waals surface area contributed by atoms with Crippen molar-refractivity contribution in [2.75, 3.05) is 25.1 Å². The van der Waals surface area contributed by atoms with E-state index in [1.807, 2.05) is 18.8 Å². The van der Waals surface area contributed by atoms with Gasteiger partial charge in [0.25, 0.3) is 0 Å².